The first-order valence-electron chi connectivity index (χ1n) is 7.85. The van der Waals surface area contributed by atoms with Gasteiger partial charge in [0.15, 0.2) is 0 Å². The van der Waals surface area contributed by atoms with Crippen LogP contribution in [-0.4, -0.2) is 5.91 Å². The maximum atomic E-state index is 12.4. The second-order valence-corrected chi connectivity index (χ2v) is 5.62. The van der Waals surface area contributed by atoms with Crippen LogP contribution in [0.4, 0.5) is 5.69 Å². The van der Waals surface area contributed by atoms with Crippen molar-refractivity contribution in [1.82, 2.24) is 0 Å². The summed E-state index contributed by atoms with van der Waals surface area (Å²) >= 11 is 0. The largest absolute Gasteiger partial charge is 0.489 e. The Balaban J connectivity index is 1.65. The molecule has 0 fully saturated rings. The molecule has 0 radical (unpaired) electrons. The second kappa shape index (κ2) is 7.47. The number of amides is 1. The molecular formula is C21H19NO2. The number of ether oxygens (including phenoxy) is 1. The van der Waals surface area contributed by atoms with Crippen LogP contribution < -0.4 is 10.1 Å². The number of hydrogen-bond acceptors (Lipinski definition) is 2. The summed E-state index contributed by atoms with van der Waals surface area (Å²) in [6, 6.07) is 24.9. The van der Waals surface area contributed by atoms with Gasteiger partial charge < -0.3 is 10.1 Å². The summed E-state index contributed by atoms with van der Waals surface area (Å²) < 4.78 is 5.77. The van der Waals surface area contributed by atoms with Gasteiger partial charge >= 0.3 is 0 Å². The molecule has 1 amide bonds. The molecule has 3 heteroatoms. The van der Waals surface area contributed by atoms with Crippen molar-refractivity contribution >= 4 is 11.6 Å². The van der Waals surface area contributed by atoms with E-state index >= 15 is 0 Å². The van der Waals surface area contributed by atoms with Crippen LogP contribution in [0.25, 0.3) is 0 Å². The lowest BCUT2D eigenvalue weighted by atomic mass is 10.2. The molecule has 3 rings (SSSR count). The van der Waals surface area contributed by atoms with Gasteiger partial charge in [0.05, 0.1) is 0 Å². The van der Waals surface area contributed by atoms with E-state index in [0.717, 1.165) is 16.8 Å². The highest BCUT2D eigenvalue weighted by molar-refractivity contribution is 6.04. The van der Waals surface area contributed by atoms with Gasteiger partial charge in [-0.3, -0.25) is 4.79 Å². The maximum Gasteiger partial charge on any atom is 0.255 e. The molecular weight excluding hydrogens is 298 g/mol. The summed E-state index contributed by atoms with van der Waals surface area (Å²) in [6.45, 7) is 2.49. The first kappa shape index (κ1) is 15.8. The monoisotopic (exact) mass is 317 g/mol. The van der Waals surface area contributed by atoms with Gasteiger partial charge in [0.2, 0.25) is 0 Å². The Kier molecular flexibility index (Phi) is 4.92. The lowest BCUT2D eigenvalue weighted by Gasteiger charge is -2.09. The highest BCUT2D eigenvalue weighted by atomic mass is 16.5. The minimum atomic E-state index is -0.149. The zero-order valence-electron chi connectivity index (χ0n) is 13.5. The Morgan fingerprint density at radius 2 is 1.67 bits per heavy atom. The number of nitrogens with one attached hydrogen (secondary N) is 1. The third kappa shape index (κ3) is 4.23. The maximum absolute atomic E-state index is 12.4. The Hall–Kier alpha value is -3.07. The fourth-order valence-electron chi connectivity index (χ4n) is 2.31. The highest BCUT2D eigenvalue weighted by Crippen LogP contribution is 2.17. The van der Waals surface area contributed by atoms with Gasteiger partial charge in [-0.15, -0.1) is 0 Å². The number of aryl methyl sites for hydroxylation is 1. The van der Waals surface area contributed by atoms with Crippen LogP contribution in [0.3, 0.4) is 0 Å². The number of anilines is 1. The smallest absolute Gasteiger partial charge is 0.255 e. The van der Waals surface area contributed by atoms with E-state index in [0.29, 0.717) is 17.9 Å². The van der Waals surface area contributed by atoms with Gasteiger partial charge in [-0.25, -0.2) is 0 Å². The average Bonchev–Trinajstić information content (AvgIpc) is 2.63. The average molecular weight is 317 g/mol. The van der Waals surface area contributed by atoms with E-state index in [9.17, 15) is 4.79 Å². The molecule has 0 heterocycles. The number of rotatable bonds is 5. The molecule has 3 aromatic carbocycles. The van der Waals surface area contributed by atoms with Crippen molar-refractivity contribution in [2.75, 3.05) is 5.32 Å². The van der Waals surface area contributed by atoms with Gasteiger partial charge in [-0.2, -0.15) is 0 Å². The molecule has 0 saturated carbocycles. The van der Waals surface area contributed by atoms with Gasteiger partial charge in [0, 0.05) is 11.3 Å². The normalized spacial score (nSPS) is 10.2. The first-order valence-corrected chi connectivity index (χ1v) is 7.85. The summed E-state index contributed by atoms with van der Waals surface area (Å²) in [5, 5.41) is 2.89. The first-order chi connectivity index (χ1) is 11.7. The third-order valence-corrected chi connectivity index (χ3v) is 3.65. The van der Waals surface area contributed by atoms with E-state index in [2.05, 4.69) is 5.32 Å². The molecule has 0 atom stereocenters. The zero-order valence-corrected chi connectivity index (χ0v) is 13.5. The SMILES string of the molecule is Cc1ccc(NC(=O)c2cccc(OCc3ccccc3)c2)cc1. The molecule has 0 saturated heterocycles. The third-order valence-electron chi connectivity index (χ3n) is 3.65. The lowest BCUT2D eigenvalue weighted by Crippen LogP contribution is -2.11. The van der Waals surface area contributed by atoms with Crippen molar-refractivity contribution < 1.29 is 9.53 Å². The fraction of sp³-hybridized carbons (Fsp3) is 0.0952. The van der Waals surface area contributed by atoms with Crippen LogP contribution >= 0.6 is 0 Å². The van der Waals surface area contributed by atoms with Gasteiger partial charge in [-0.05, 0) is 42.8 Å². The van der Waals surface area contributed by atoms with Gasteiger partial charge in [0.1, 0.15) is 12.4 Å². The van der Waals surface area contributed by atoms with Gasteiger partial charge in [-0.1, -0.05) is 54.1 Å². The Morgan fingerprint density at radius 3 is 2.42 bits per heavy atom. The Bertz CT molecular complexity index is 811. The summed E-state index contributed by atoms with van der Waals surface area (Å²) in [5.41, 5.74) is 3.60. The highest BCUT2D eigenvalue weighted by Gasteiger charge is 2.07. The molecule has 120 valence electrons. The van der Waals surface area contributed by atoms with Crippen LogP contribution in [0.15, 0.2) is 78.9 Å². The van der Waals surface area contributed by atoms with Crippen LogP contribution in [0.2, 0.25) is 0 Å². The predicted molar refractivity (Wildman–Crippen MR) is 96.3 cm³/mol. The van der Waals surface area contributed by atoms with Crippen molar-refractivity contribution in [2.45, 2.75) is 13.5 Å². The molecule has 0 unspecified atom stereocenters. The van der Waals surface area contributed by atoms with E-state index < -0.39 is 0 Å². The molecule has 0 aliphatic heterocycles. The van der Waals surface area contributed by atoms with E-state index in [1.807, 2.05) is 73.7 Å². The lowest BCUT2D eigenvalue weighted by molar-refractivity contribution is 0.102. The fourth-order valence-corrected chi connectivity index (χ4v) is 2.31. The molecule has 0 spiro atoms. The van der Waals surface area contributed by atoms with Crippen LogP contribution in [0, 0.1) is 6.92 Å². The van der Waals surface area contributed by atoms with Crippen LogP contribution in [0.5, 0.6) is 5.75 Å². The van der Waals surface area contributed by atoms with Gasteiger partial charge in [0.25, 0.3) is 5.91 Å². The minimum absolute atomic E-state index is 0.149. The molecule has 3 aromatic rings. The predicted octanol–water partition coefficient (Wildman–Crippen LogP) is 4.83. The number of benzene rings is 3. The van der Waals surface area contributed by atoms with Crippen LogP contribution in [-0.2, 0) is 6.61 Å². The quantitative estimate of drug-likeness (QED) is 0.732. The zero-order chi connectivity index (χ0) is 16.8. The topological polar surface area (TPSA) is 38.3 Å². The van der Waals surface area contributed by atoms with Crippen molar-refractivity contribution in [2.24, 2.45) is 0 Å². The molecule has 1 N–H and O–H groups in total. The van der Waals surface area contributed by atoms with E-state index in [-0.39, 0.29) is 5.91 Å². The summed E-state index contributed by atoms with van der Waals surface area (Å²) in [6.07, 6.45) is 0. The van der Waals surface area contributed by atoms with Crippen molar-refractivity contribution in [3.63, 3.8) is 0 Å². The molecule has 0 aliphatic rings. The standard InChI is InChI=1S/C21H19NO2/c1-16-10-12-19(13-11-16)22-21(23)18-8-5-9-20(14-18)24-15-17-6-3-2-4-7-17/h2-14H,15H2,1H3,(H,22,23). The van der Waals surface area contributed by atoms with E-state index in [4.69, 9.17) is 4.74 Å². The Labute approximate surface area is 141 Å². The van der Waals surface area contributed by atoms with Crippen molar-refractivity contribution in [1.29, 1.82) is 0 Å². The summed E-state index contributed by atoms with van der Waals surface area (Å²) in [5.74, 6) is 0.527. The van der Waals surface area contributed by atoms with E-state index in [1.165, 1.54) is 0 Å². The molecule has 0 aliphatic carbocycles. The summed E-state index contributed by atoms with van der Waals surface area (Å²) in [4.78, 5) is 12.4. The molecule has 3 nitrogen and oxygen atoms in total. The van der Waals surface area contributed by atoms with Crippen molar-refractivity contribution in [3.8, 4) is 5.75 Å². The van der Waals surface area contributed by atoms with Crippen LogP contribution in [0.1, 0.15) is 21.5 Å². The van der Waals surface area contributed by atoms with E-state index in [1.54, 1.807) is 12.1 Å². The molecule has 0 aromatic heterocycles. The Morgan fingerprint density at radius 1 is 0.917 bits per heavy atom. The summed E-state index contributed by atoms with van der Waals surface area (Å²) in [7, 11) is 0. The number of hydrogen-bond donors (Lipinski definition) is 1. The number of carbonyl (C=O) groups excluding carboxylic acids is 1. The molecule has 24 heavy (non-hydrogen) atoms. The second-order valence-electron chi connectivity index (χ2n) is 5.62. The molecule has 0 bridgehead atoms. The number of carbonyl (C=O) groups is 1. The van der Waals surface area contributed by atoms with Crippen molar-refractivity contribution in [3.05, 3.63) is 95.6 Å². The minimum Gasteiger partial charge on any atom is -0.489 e.